The first-order valence-corrected chi connectivity index (χ1v) is 5.54. The number of rotatable bonds is 7. The van der Waals surface area contributed by atoms with Crippen LogP contribution in [0, 0.1) is 0 Å². The molecule has 86 valence electrons. The van der Waals surface area contributed by atoms with E-state index >= 15 is 0 Å². The lowest BCUT2D eigenvalue weighted by molar-refractivity contribution is 0.139. The second-order valence-electron chi connectivity index (χ2n) is 3.73. The van der Waals surface area contributed by atoms with Gasteiger partial charge in [0, 0.05) is 38.2 Å². The van der Waals surface area contributed by atoms with Gasteiger partial charge in [-0.05, 0) is 32.3 Å². The first kappa shape index (κ1) is 12.2. The van der Waals surface area contributed by atoms with E-state index in [1.807, 2.05) is 30.9 Å². The topological polar surface area (TPSA) is 53.1 Å². The van der Waals surface area contributed by atoms with Crippen LogP contribution >= 0.6 is 0 Å². The van der Waals surface area contributed by atoms with Gasteiger partial charge in [0.25, 0.3) is 0 Å². The third-order valence-electron chi connectivity index (χ3n) is 2.53. The molecule has 4 heteroatoms. The molecule has 0 aliphatic heterocycles. The number of aromatic nitrogens is 2. The number of nitrogens with two attached hydrogens (primary N) is 1. The van der Waals surface area contributed by atoms with Gasteiger partial charge in [0.15, 0.2) is 0 Å². The van der Waals surface area contributed by atoms with Crippen molar-refractivity contribution >= 4 is 0 Å². The van der Waals surface area contributed by atoms with E-state index in [0.717, 1.165) is 32.5 Å². The van der Waals surface area contributed by atoms with Crippen LogP contribution in [0.5, 0.6) is 0 Å². The van der Waals surface area contributed by atoms with Crippen molar-refractivity contribution < 1.29 is 4.74 Å². The Morgan fingerprint density at radius 3 is 2.93 bits per heavy atom. The number of nitrogens with zero attached hydrogens (tertiary/aromatic N) is 2. The molecule has 0 aromatic carbocycles. The van der Waals surface area contributed by atoms with Crippen molar-refractivity contribution in [1.29, 1.82) is 0 Å². The van der Waals surface area contributed by atoms with Gasteiger partial charge in [-0.1, -0.05) is 0 Å². The summed E-state index contributed by atoms with van der Waals surface area (Å²) in [5.74, 6) is 0. The molecule has 1 aromatic rings. The highest BCUT2D eigenvalue weighted by Crippen LogP contribution is 2.04. The van der Waals surface area contributed by atoms with E-state index in [9.17, 15) is 0 Å². The van der Waals surface area contributed by atoms with Crippen LogP contribution in [0.3, 0.4) is 0 Å². The highest BCUT2D eigenvalue weighted by molar-refractivity contribution is 5.00. The first-order chi connectivity index (χ1) is 7.24. The molecule has 0 saturated heterocycles. The molecule has 1 unspecified atom stereocenters. The monoisotopic (exact) mass is 211 g/mol. The van der Waals surface area contributed by atoms with Crippen molar-refractivity contribution in [2.24, 2.45) is 12.8 Å². The zero-order valence-electron chi connectivity index (χ0n) is 9.65. The molecule has 0 aliphatic rings. The Morgan fingerprint density at radius 1 is 1.53 bits per heavy atom. The van der Waals surface area contributed by atoms with Crippen molar-refractivity contribution in [1.82, 2.24) is 9.78 Å². The van der Waals surface area contributed by atoms with Gasteiger partial charge in [-0.3, -0.25) is 4.68 Å². The van der Waals surface area contributed by atoms with Crippen LogP contribution in [-0.2, 0) is 18.2 Å². The molecule has 0 bridgehead atoms. The fraction of sp³-hybridized carbons (Fsp3) is 0.727. The summed E-state index contributed by atoms with van der Waals surface area (Å²) >= 11 is 0. The second-order valence-corrected chi connectivity index (χ2v) is 3.73. The van der Waals surface area contributed by atoms with Gasteiger partial charge in [-0.15, -0.1) is 0 Å². The minimum Gasteiger partial charge on any atom is -0.382 e. The third kappa shape index (κ3) is 4.44. The minimum absolute atomic E-state index is 0.228. The SMILES string of the molecule is CCOCCC(N)CCc1ccnn1C. The summed E-state index contributed by atoms with van der Waals surface area (Å²) in [5.41, 5.74) is 7.21. The van der Waals surface area contributed by atoms with Crippen LogP contribution in [0.15, 0.2) is 12.3 Å². The Balaban J connectivity index is 2.16. The van der Waals surface area contributed by atoms with E-state index in [-0.39, 0.29) is 6.04 Å². The predicted molar refractivity (Wildman–Crippen MR) is 60.6 cm³/mol. The van der Waals surface area contributed by atoms with Crippen molar-refractivity contribution in [3.05, 3.63) is 18.0 Å². The number of ether oxygens (including phenoxy) is 1. The van der Waals surface area contributed by atoms with Crippen LogP contribution in [0.1, 0.15) is 25.5 Å². The summed E-state index contributed by atoms with van der Waals surface area (Å²) in [5, 5.41) is 4.12. The summed E-state index contributed by atoms with van der Waals surface area (Å²) in [6.45, 7) is 3.54. The molecule has 1 atom stereocenters. The average Bonchev–Trinajstić information content (AvgIpc) is 2.61. The molecular formula is C11H21N3O. The lowest BCUT2D eigenvalue weighted by Gasteiger charge is -2.11. The highest BCUT2D eigenvalue weighted by Gasteiger charge is 2.05. The van der Waals surface area contributed by atoms with Crippen LogP contribution < -0.4 is 5.73 Å². The Kier molecular flexibility index (Phi) is 5.36. The summed E-state index contributed by atoms with van der Waals surface area (Å²) in [6.07, 6.45) is 4.74. The minimum atomic E-state index is 0.228. The predicted octanol–water partition coefficient (Wildman–Crippen LogP) is 1.11. The van der Waals surface area contributed by atoms with Gasteiger partial charge in [0.1, 0.15) is 0 Å². The van der Waals surface area contributed by atoms with Crippen LogP contribution in [-0.4, -0.2) is 29.0 Å². The largest absolute Gasteiger partial charge is 0.382 e. The standard InChI is InChI=1S/C11H21N3O/c1-3-15-9-7-10(12)4-5-11-6-8-13-14(11)2/h6,8,10H,3-5,7,9,12H2,1-2H3. The molecule has 15 heavy (non-hydrogen) atoms. The van der Waals surface area contributed by atoms with Gasteiger partial charge in [0.2, 0.25) is 0 Å². The maximum Gasteiger partial charge on any atom is 0.0492 e. The van der Waals surface area contributed by atoms with E-state index in [4.69, 9.17) is 10.5 Å². The smallest absolute Gasteiger partial charge is 0.0492 e. The maximum absolute atomic E-state index is 5.97. The third-order valence-corrected chi connectivity index (χ3v) is 2.53. The molecule has 1 rings (SSSR count). The van der Waals surface area contributed by atoms with E-state index in [0.29, 0.717) is 0 Å². The maximum atomic E-state index is 5.97. The van der Waals surface area contributed by atoms with E-state index in [2.05, 4.69) is 5.10 Å². The van der Waals surface area contributed by atoms with Crippen LogP contribution in [0.25, 0.3) is 0 Å². The molecule has 2 N–H and O–H groups in total. The van der Waals surface area contributed by atoms with Crippen molar-refractivity contribution in [3.63, 3.8) is 0 Å². The van der Waals surface area contributed by atoms with Gasteiger partial charge in [-0.25, -0.2) is 0 Å². The quantitative estimate of drug-likeness (QED) is 0.687. The lowest BCUT2D eigenvalue weighted by Crippen LogP contribution is -2.23. The molecule has 4 nitrogen and oxygen atoms in total. The van der Waals surface area contributed by atoms with E-state index < -0.39 is 0 Å². The van der Waals surface area contributed by atoms with Crippen LogP contribution in [0.2, 0.25) is 0 Å². The normalized spacial score (nSPS) is 13.0. The van der Waals surface area contributed by atoms with Crippen molar-refractivity contribution in [3.8, 4) is 0 Å². The fourth-order valence-corrected chi connectivity index (χ4v) is 1.50. The van der Waals surface area contributed by atoms with Crippen molar-refractivity contribution in [2.75, 3.05) is 13.2 Å². The summed E-state index contributed by atoms with van der Waals surface area (Å²) < 4.78 is 7.17. The highest BCUT2D eigenvalue weighted by atomic mass is 16.5. The molecule has 1 heterocycles. The molecule has 0 aliphatic carbocycles. The molecule has 0 radical (unpaired) electrons. The Labute approximate surface area is 91.4 Å². The van der Waals surface area contributed by atoms with Gasteiger partial charge >= 0.3 is 0 Å². The van der Waals surface area contributed by atoms with Gasteiger partial charge < -0.3 is 10.5 Å². The molecule has 0 amide bonds. The number of hydrogen-bond donors (Lipinski definition) is 1. The number of hydrogen-bond acceptors (Lipinski definition) is 3. The Bertz CT molecular complexity index is 273. The van der Waals surface area contributed by atoms with E-state index in [1.165, 1.54) is 5.69 Å². The summed E-state index contributed by atoms with van der Waals surface area (Å²) in [7, 11) is 1.96. The second kappa shape index (κ2) is 6.58. The van der Waals surface area contributed by atoms with E-state index in [1.54, 1.807) is 0 Å². The summed E-state index contributed by atoms with van der Waals surface area (Å²) in [4.78, 5) is 0. The zero-order valence-corrected chi connectivity index (χ0v) is 9.65. The molecule has 0 spiro atoms. The Morgan fingerprint density at radius 2 is 2.33 bits per heavy atom. The molecule has 1 aromatic heterocycles. The van der Waals surface area contributed by atoms with Crippen molar-refractivity contribution in [2.45, 2.75) is 32.2 Å². The molecule has 0 saturated carbocycles. The average molecular weight is 211 g/mol. The number of aryl methyl sites for hydroxylation is 2. The molecule has 0 fully saturated rings. The first-order valence-electron chi connectivity index (χ1n) is 5.54. The Hall–Kier alpha value is -0.870. The summed E-state index contributed by atoms with van der Waals surface area (Å²) in [6, 6.07) is 2.27. The molecular weight excluding hydrogens is 190 g/mol. The van der Waals surface area contributed by atoms with Crippen LogP contribution in [0.4, 0.5) is 0 Å². The van der Waals surface area contributed by atoms with Gasteiger partial charge in [0.05, 0.1) is 0 Å². The van der Waals surface area contributed by atoms with Gasteiger partial charge in [-0.2, -0.15) is 5.10 Å². The zero-order chi connectivity index (χ0) is 11.1. The fourth-order valence-electron chi connectivity index (χ4n) is 1.50. The lowest BCUT2D eigenvalue weighted by atomic mass is 10.1.